The molecule has 6 heteroatoms. The van der Waals surface area contributed by atoms with Crippen LogP contribution in [0, 0.1) is 0 Å². The van der Waals surface area contributed by atoms with E-state index in [0.29, 0.717) is 24.9 Å². The summed E-state index contributed by atoms with van der Waals surface area (Å²) in [5.41, 5.74) is 6.24. The van der Waals surface area contributed by atoms with E-state index < -0.39 is 5.97 Å². The lowest BCUT2D eigenvalue weighted by molar-refractivity contribution is -0.137. The Labute approximate surface area is 105 Å². The number of nitrogens with zero attached hydrogens (tertiary/aromatic N) is 1. The van der Waals surface area contributed by atoms with E-state index in [0.717, 1.165) is 0 Å². The zero-order valence-electron chi connectivity index (χ0n) is 10.0. The van der Waals surface area contributed by atoms with E-state index in [9.17, 15) is 9.59 Å². The first-order chi connectivity index (χ1) is 8.59. The highest BCUT2D eigenvalue weighted by atomic mass is 16.4. The van der Waals surface area contributed by atoms with Crippen molar-refractivity contribution in [2.45, 2.75) is 25.3 Å². The molecule has 1 atom stereocenters. The van der Waals surface area contributed by atoms with Crippen molar-refractivity contribution >= 4 is 11.9 Å². The fourth-order valence-electron chi connectivity index (χ4n) is 1.44. The third kappa shape index (κ3) is 5.40. The van der Waals surface area contributed by atoms with Crippen LogP contribution in [0.5, 0.6) is 0 Å². The molecule has 0 fully saturated rings. The summed E-state index contributed by atoms with van der Waals surface area (Å²) in [4.78, 5) is 25.8. The molecule has 1 heterocycles. The van der Waals surface area contributed by atoms with Crippen LogP contribution in [0.25, 0.3) is 0 Å². The molecule has 0 aliphatic carbocycles. The molecule has 4 N–H and O–H groups in total. The van der Waals surface area contributed by atoms with Gasteiger partial charge in [0.25, 0.3) is 5.91 Å². The van der Waals surface area contributed by atoms with Gasteiger partial charge >= 0.3 is 5.97 Å². The first kappa shape index (κ1) is 14.1. The summed E-state index contributed by atoms with van der Waals surface area (Å²) in [5, 5.41) is 11.2. The van der Waals surface area contributed by atoms with Gasteiger partial charge in [-0.2, -0.15) is 0 Å². The van der Waals surface area contributed by atoms with Crippen molar-refractivity contribution in [2.75, 3.05) is 6.54 Å². The number of carboxylic acid groups (broad SMARTS) is 1. The number of carbonyl (C=O) groups excluding carboxylic acids is 1. The average Bonchev–Trinajstić information content (AvgIpc) is 2.36. The van der Waals surface area contributed by atoms with E-state index in [1.165, 1.54) is 6.20 Å². The van der Waals surface area contributed by atoms with Gasteiger partial charge in [-0.3, -0.25) is 14.6 Å². The number of nitrogens with two attached hydrogens (primary N) is 1. The van der Waals surface area contributed by atoms with Gasteiger partial charge in [0.05, 0.1) is 5.56 Å². The normalized spacial score (nSPS) is 11.8. The summed E-state index contributed by atoms with van der Waals surface area (Å²) >= 11 is 0. The van der Waals surface area contributed by atoms with Gasteiger partial charge in [0, 0.05) is 31.4 Å². The van der Waals surface area contributed by atoms with Gasteiger partial charge in [0.15, 0.2) is 0 Å². The highest BCUT2D eigenvalue weighted by molar-refractivity contribution is 5.93. The van der Waals surface area contributed by atoms with E-state index in [4.69, 9.17) is 10.8 Å². The minimum atomic E-state index is -0.832. The predicted octanol–water partition coefficient (Wildman–Crippen LogP) is 0.394. The van der Waals surface area contributed by atoms with Gasteiger partial charge in [-0.05, 0) is 25.0 Å². The molecule has 0 aromatic carbocycles. The second-order valence-corrected chi connectivity index (χ2v) is 4.00. The molecule has 0 saturated heterocycles. The van der Waals surface area contributed by atoms with Crippen LogP contribution in [0.3, 0.4) is 0 Å². The summed E-state index contributed by atoms with van der Waals surface area (Å²) in [6.07, 6.45) is 4.25. The van der Waals surface area contributed by atoms with Crippen molar-refractivity contribution in [3.8, 4) is 0 Å². The van der Waals surface area contributed by atoms with E-state index in [-0.39, 0.29) is 18.4 Å². The highest BCUT2D eigenvalue weighted by Gasteiger charge is 2.08. The van der Waals surface area contributed by atoms with Gasteiger partial charge < -0.3 is 16.2 Å². The van der Waals surface area contributed by atoms with Gasteiger partial charge in [-0.1, -0.05) is 0 Å². The van der Waals surface area contributed by atoms with Gasteiger partial charge in [-0.25, -0.2) is 0 Å². The van der Waals surface area contributed by atoms with Gasteiger partial charge in [0.1, 0.15) is 0 Å². The summed E-state index contributed by atoms with van der Waals surface area (Å²) in [7, 11) is 0. The molecule has 0 radical (unpaired) electrons. The Morgan fingerprint density at radius 3 is 2.89 bits per heavy atom. The summed E-state index contributed by atoms with van der Waals surface area (Å²) in [6, 6.07) is 3.12. The molecule has 18 heavy (non-hydrogen) atoms. The first-order valence-electron chi connectivity index (χ1n) is 5.75. The topological polar surface area (TPSA) is 105 Å². The average molecular weight is 251 g/mol. The van der Waals surface area contributed by atoms with E-state index >= 15 is 0 Å². The number of hydrogen-bond donors (Lipinski definition) is 3. The lowest BCUT2D eigenvalue weighted by Crippen LogP contribution is -2.37. The summed E-state index contributed by atoms with van der Waals surface area (Å²) in [5.74, 6) is -1.06. The third-order valence-corrected chi connectivity index (χ3v) is 2.41. The monoisotopic (exact) mass is 251 g/mol. The predicted molar refractivity (Wildman–Crippen MR) is 66.0 cm³/mol. The highest BCUT2D eigenvalue weighted by Crippen LogP contribution is 1.99. The maximum atomic E-state index is 11.6. The minimum absolute atomic E-state index is 0.101. The largest absolute Gasteiger partial charge is 0.481 e. The van der Waals surface area contributed by atoms with Crippen LogP contribution in [-0.2, 0) is 4.79 Å². The Morgan fingerprint density at radius 1 is 1.50 bits per heavy atom. The lowest BCUT2D eigenvalue weighted by Gasteiger charge is -2.11. The zero-order chi connectivity index (χ0) is 13.4. The Kier molecular flexibility index (Phi) is 5.79. The second-order valence-electron chi connectivity index (χ2n) is 4.00. The number of pyridine rings is 1. The molecule has 0 saturated carbocycles. The van der Waals surface area contributed by atoms with Crippen LogP contribution in [0.1, 0.15) is 29.6 Å². The molecule has 0 bridgehead atoms. The number of aliphatic carboxylic acids is 1. The Bertz CT molecular complexity index is 395. The minimum Gasteiger partial charge on any atom is -0.481 e. The van der Waals surface area contributed by atoms with Crippen molar-refractivity contribution in [1.82, 2.24) is 10.3 Å². The molecule has 0 spiro atoms. The van der Waals surface area contributed by atoms with Crippen LogP contribution in [0.4, 0.5) is 0 Å². The number of nitrogens with one attached hydrogen (secondary N) is 1. The van der Waals surface area contributed by atoms with Crippen molar-refractivity contribution in [2.24, 2.45) is 5.73 Å². The van der Waals surface area contributed by atoms with Gasteiger partial charge in [-0.15, -0.1) is 0 Å². The Balaban J connectivity index is 2.24. The van der Waals surface area contributed by atoms with Crippen LogP contribution in [-0.4, -0.2) is 34.6 Å². The van der Waals surface area contributed by atoms with Crippen LogP contribution in [0.2, 0.25) is 0 Å². The Morgan fingerprint density at radius 2 is 2.28 bits per heavy atom. The fraction of sp³-hybridized carbons (Fsp3) is 0.417. The Hall–Kier alpha value is -1.95. The molecular formula is C12H17N3O3. The smallest absolute Gasteiger partial charge is 0.303 e. The zero-order valence-corrected chi connectivity index (χ0v) is 10.0. The molecule has 0 aliphatic rings. The fourth-order valence-corrected chi connectivity index (χ4v) is 1.44. The molecule has 0 aliphatic heterocycles. The third-order valence-electron chi connectivity index (χ3n) is 2.41. The molecular weight excluding hydrogens is 234 g/mol. The molecule has 1 rings (SSSR count). The van der Waals surface area contributed by atoms with Crippen LogP contribution < -0.4 is 11.1 Å². The quantitative estimate of drug-likeness (QED) is 0.650. The van der Waals surface area contributed by atoms with Crippen LogP contribution >= 0.6 is 0 Å². The number of hydrogen-bond acceptors (Lipinski definition) is 4. The standard InChI is InChI=1S/C12H17N3O3/c13-10(4-1-5-11(16)17)8-15-12(18)9-3-2-6-14-7-9/h2-3,6-7,10H,1,4-5,8,13H2,(H,15,18)(H,16,17). The van der Waals surface area contributed by atoms with Gasteiger partial charge in [0.2, 0.25) is 0 Å². The van der Waals surface area contributed by atoms with Crippen molar-refractivity contribution < 1.29 is 14.7 Å². The molecule has 1 aromatic heterocycles. The maximum absolute atomic E-state index is 11.6. The van der Waals surface area contributed by atoms with Crippen LogP contribution in [0.15, 0.2) is 24.5 Å². The summed E-state index contributed by atoms with van der Waals surface area (Å²) < 4.78 is 0. The number of carboxylic acids is 1. The number of rotatable bonds is 7. The van der Waals surface area contributed by atoms with Crippen molar-refractivity contribution in [1.29, 1.82) is 0 Å². The van der Waals surface area contributed by atoms with E-state index in [1.54, 1.807) is 18.3 Å². The number of amides is 1. The van der Waals surface area contributed by atoms with Crippen molar-refractivity contribution in [3.63, 3.8) is 0 Å². The number of carbonyl (C=O) groups is 2. The molecule has 6 nitrogen and oxygen atoms in total. The number of aromatic nitrogens is 1. The SMILES string of the molecule is NC(CCCC(=O)O)CNC(=O)c1cccnc1. The van der Waals surface area contributed by atoms with Crippen molar-refractivity contribution in [3.05, 3.63) is 30.1 Å². The van der Waals surface area contributed by atoms with E-state index in [2.05, 4.69) is 10.3 Å². The second kappa shape index (κ2) is 7.39. The molecule has 1 amide bonds. The first-order valence-corrected chi connectivity index (χ1v) is 5.75. The molecule has 1 unspecified atom stereocenters. The molecule has 1 aromatic rings. The maximum Gasteiger partial charge on any atom is 0.303 e. The molecule has 98 valence electrons. The summed E-state index contributed by atoms with van der Waals surface area (Å²) in [6.45, 7) is 0.327. The lowest BCUT2D eigenvalue weighted by atomic mass is 10.1. The van der Waals surface area contributed by atoms with E-state index in [1.807, 2.05) is 0 Å².